The average molecular weight is 485 g/mol. The quantitative estimate of drug-likeness (QED) is 0.290. The molecule has 0 aliphatic carbocycles. The molecule has 1 aliphatic heterocycles. The number of nitrogens with one attached hydrogen (secondary N) is 2. The zero-order valence-corrected chi connectivity index (χ0v) is 17.8. The first-order chi connectivity index (χ1) is 16.6. The molecule has 3 aromatic rings. The van der Waals surface area contributed by atoms with Crippen molar-refractivity contribution in [1.82, 2.24) is 15.6 Å². The zero-order valence-electron chi connectivity index (χ0n) is 17.8. The summed E-state index contributed by atoms with van der Waals surface area (Å²) in [5.41, 5.74) is -3.65. The van der Waals surface area contributed by atoms with E-state index in [0.29, 0.717) is 0 Å². The Labute approximate surface area is 196 Å². The topological polar surface area (TPSA) is 118 Å². The van der Waals surface area contributed by atoms with Crippen molar-refractivity contribution in [3.63, 3.8) is 0 Å². The first-order valence-corrected chi connectivity index (χ1v) is 10.3. The summed E-state index contributed by atoms with van der Waals surface area (Å²) in [6.45, 7) is 0. The van der Waals surface area contributed by atoms with E-state index >= 15 is 0 Å². The van der Waals surface area contributed by atoms with Crippen LogP contribution in [0.3, 0.4) is 0 Å². The van der Waals surface area contributed by atoms with E-state index in [9.17, 15) is 32.7 Å². The van der Waals surface area contributed by atoms with Gasteiger partial charge in [0.1, 0.15) is 11.7 Å². The highest BCUT2D eigenvalue weighted by molar-refractivity contribution is 6.00. The highest BCUT2D eigenvalue weighted by Gasteiger charge is 2.66. The number of amides is 2. The molecule has 0 saturated carbocycles. The highest BCUT2D eigenvalue weighted by Crippen LogP contribution is 2.44. The van der Waals surface area contributed by atoms with Crippen LogP contribution in [0.4, 0.5) is 18.0 Å². The molecule has 3 N–H and O–H groups in total. The van der Waals surface area contributed by atoms with Crippen LogP contribution in [0.25, 0.3) is 0 Å². The van der Waals surface area contributed by atoms with Crippen LogP contribution in [-0.4, -0.2) is 39.8 Å². The van der Waals surface area contributed by atoms with Crippen molar-refractivity contribution in [1.29, 1.82) is 0 Å². The number of hydrogen-bond donors (Lipinski definition) is 3. The second kappa shape index (κ2) is 9.18. The van der Waals surface area contributed by atoms with Gasteiger partial charge in [0.05, 0.1) is 11.6 Å². The fourth-order valence-corrected chi connectivity index (χ4v) is 3.79. The number of rotatable bonds is 5. The number of nitrogens with zero attached hydrogens (tertiary/aromatic N) is 1. The van der Waals surface area contributed by atoms with Gasteiger partial charge in [0.25, 0.3) is 0 Å². The number of halogens is 3. The predicted molar refractivity (Wildman–Crippen MR) is 115 cm³/mol. The third kappa shape index (κ3) is 4.71. The van der Waals surface area contributed by atoms with Gasteiger partial charge in [-0.1, -0.05) is 42.5 Å². The Morgan fingerprint density at radius 2 is 1.63 bits per heavy atom. The zero-order chi connectivity index (χ0) is 25.2. The molecule has 2 aromatic carbocycles. The third-order valence-corrected chi connectivity index (χ3v) is 5.49. The second-order valence-electron chi connectivity index (χ2n) is 7.75. The summed E-state index contributed by atoms with van der Waals surface area (Å²) in [6.07, 6.45) is -2.58. The van der Waals surface area contributed by atoms with E-state index in [4.69, 9.17) is 4.74 Å². The van der Waals surface area contributed by atoms with Gasteiger partial charge < -0.3 is 20.5 Å². The number of ketones is 1. The molecule has 35 heavy (non-hydrogen) atoms. The summed E-state index contributed by atoms with van der Waals surface area (Å²) in [7, 11) is 0. The van der Waals surface area contributed by atoms with Crippen LogP contribution < -0.4 is 15.4 Å². The van der Waals surface area contributed by atoms with Crippen molar-refractivity contribution in [3.05, 3.63) is 95.8 Å². The van der Waals surface area contributed by atoms with Gasteiger partial charge in [-0.15, -0.1) is 0 Å². The Kier molecular flexibility index (Phi) is 6.27. The number of pyridine rings is 1. The Hall–Kier alpha value is -4.25. The number of esters is 1. The lowest BCUT2D eigenvalue weighted by molar-refractivity contribution is -0.287. The summed E-state index contributed by atoms with van der Waals surface area (Å²) in [5, 5.41) is 14.4. The van der Waals surface area contributed by atoms with E-state index in [1.165, 1.54) is 72.3 Å². The lowest BCUT2D eigenvalue weighted by Gasteiger charge is -2.45. The van der Waals surface area contributed by atoms with Crippen LogP contribution in [0, 0.1) is 5.92 Å². The normalized spacial score (nSPS) is 22.0. The minimum absolute atomic E-state index is 0.0693. The van der Waals surface area contributed by atoms with Gasteiger partial charge in [0.2, 0.25) is 5.72 Å². The summed E-state index contributed by atoms with van der Waals surface area (Å²) >= 11 is 0. The first-order valence-electron chi connectivity index (χ1n) is 10.3. The van der Waals surface area contributed by atoms with Gasteiger partial charge in [0.15, 0.2) is 5.78 Å². The lowest BCUT2D eigenvalue weighted by atomic mass is 9.77. The molecule has 1 fully saturated rings. The standard InChI is InChI=1S/C24H18F3N3O5/c25-24(26,27)23(34)18(20(31)15-5-2-1-3-6-15)19(29-22(33)30-23)14-8-10-17(11-9-14)35-21(32)16-7-4-12-28-13-16/h1-13,18-19,34H,(H2,29,30,33)/t18-,19+,23+/m0/s1. The molecular weight excluding hydrogens is 467 g/mol. The number of alkyl halides is 3. The number of aromatic nitrogens is 1. The Morgan fingerprint density at radius 3 is 2.23 bits per heavy atom. The van der Waals surface area contributed by atoms with Gasteiger partial charge in [-0.3, -0.25) is 9.78 Å². The van der Waals surface area contributed by atoms with Crippen molar-refractivity contribution >= 4 is 17.8 Å². The summed E-state index contributed by atoms with van der Waals surface area (Å²) < 4.78 is 47.2. The van der Waals surface area contributed by atoms with Crippen LogP contribution in [0.1, 0.15) is 32.3 Å². The molecule has 2 heterocycles. The molecule has 0 spiro atoms. The average Bonchev–Trinajstić information content (AvgIpc) is 2.84. The summed E-state index contributed by atoms with van der Waals surface area (Å²) in [4.78, 5) is 41.3. The van der Waals surface area contributed by atoms with E-state index in [-0.39, 0.29) is 22.4 Å². The number of ether oxygens (including phenoxy) is 1. The molecule has 3 atom stereocenters. The number of urea groups is 1. The smallest absolute Gasteiger partial charge is 0.423 e. The monoisotopic (exact) mass is 485 g/mol. The van der Waals surface area contributed by atoms with Gasteiger partial charge in [-0.25, -0.2) is 9.59 Å². The molecule has 0 radical (unpaired) electrons. The minimum Gasteiger partial charge on any atom is -0.423 e. The number of carbonyl (C=O) groups excluding carboxylic acids is 3. The van der Waals surface area contributed by atoms with Crippen LogP contribution in [0.2, 0.25) is 0 Å². The second-order valence-corrected chi connectivity index (χ2v) is 7.75. The van der Waals surface area contributed by atoms with E-state index in [2.05, 4.69) is 10.3 Å². The van der Waals surface area contributed by atoms with Gasteiger partial charge >= 0.3 is 18.2 Å². The van der Waals surface area contributed by atoms with E-state index in [1.807, 2.05) is 0 Å². The Morgan fingerprint density at radius 1 is 0.971 bits per heavy atom. The Bertz CT molecular complexity index is 1240. The molecule has 2 amide bonds. The molecular formula is C24H18F3N3O5. The molecule has 1 saturated heterocycles. The number of Topliss-reactive ketones (excluding diaryl/α,β-unsaturated/α-hetero) is 1. The van der Waals surface area contributed by atoms with Gasteiger partial charge in [0, 0.05) is 18.0 Å². The largest absolute Gasteiger partial charge is 0.437 e. The maximum absolute atomic E-state index is 14.0. The number of hydrogen-bond acceptors (Lipinski definition) is 6. The molecule has 1 aliphatic rings. The van der Waals surface area contributed by atoms with E-state index in [1.54, 1.807) is 12.1 Å². The molecule has 180 valence electrons. The maximum Gasteiger partial charge on any atom is 0.437 e. The van der Waals surface area contributed by atoms with Crippen molar-refractivity contribution in [2.75, 3.05) is 0 Å². The molecule has 4 rings (SSSR count). The van der Waals surface area contributed by atoms with Crippen LogP contribution in [0.15, 0.2) is 79.1 Å². The van der Waals surface area contributed by atoms with Crippen molar-refractivity contribution in [2.24, 2.45) is 5.92 Å². The number of carbonyl (C=O) groups is 3. The van der Waals surface area contributed by atoms with Gasteiger partial charge in [-0.05, 0) is 29.8 Å². The van der Waals surface area contributed by atoms with Crippen LogP contribution in [0.5, 0.6) is 5.75 Å². The van der Waals surface area contributed by atoms with Crippen molar-refractivity contribution in [3.8, 4) is 5.75 Å². The number of aliphatic hydroxyl groups is 1. The molecule has 0 bridgehead atoms. The SMILES string of the molecule is O=C1N[C@H](c2ccc(OC(=O)c3cccnc3)cc2)[C@@H](C(=O)c2ccccc2)[C@@](O)(C(F)(F)F)N1. The molecule has 11 heteroatoms. The molecule has 1 aromatic heterocycles. The van der Waals surface area contributed by atoms with Crippen LogP contribution >= 0.6 is 0 Å². The van der Waals surface area contributed by atoms with E-state index < -0.39 is 41.6 Å². The fraction of sp³-hybridized carbons (Fsp3) is 0.167. The van der Waals surface area contributed by atoms with Crippen molar-refractivity contribution in [2.45, 2.75) is 17.9 Å². The molecule has 8 nitrogen and oxygen atoms in total. The summed E-state index contributed by atoms with van der Waals surface area (Å²) in [6, 6.07) is 12.5. The lowest BCUT2D eigenvalue weighted by Crippen LogP contribution is -2.72. The maximum atomic E-state index is 14.0. The fourth-order valence-electron chi connectivity index (χ4n) is 3.79. The Balaban J connectivity index is 1.68. The first kappa shape index (κ1) is 23.9. The third-order valence-electron chi connectivity index (χ3n) is 5.49. The summed E-state index contributed by atoms with van der Waals surface area (Å²) in [5.74, 6) is -3.83. The highest BCUT2D eigenvalue weighted by atomic mass is 19.4. The van der Waals surface area contributed by atoms with Crippen LogP contribution in [-0.2, 0) is 0 Å². The predicted octanol–water partition coefficient (Wildman–Crippen LogP) is 3.40. The minimum atomic E-state index is -5.36. The molecule has 0 unspecified atom stereocenters. The van der Waals surface area contributed by atoms with E-state index in [0.717, 1.165) is 0 Å². The van der Waals surface area contributed by atoms with Crippen molar-refractivity contribution < 1.29 is 37.4 Å². The number of benzene rings is 2. The van der Waals surface area contributed by atoms with Gasteiger partial charge in [-0.2, -0.15) is 13.2 Å².